The molecule has 0 saturated heterocycles. The van der Waals surface area contributed by atoms with E-state index in [0.29, 0.717) is 29.4 Å². The molecule has 0 radical (unpaired) electrons. The molecule has 2 rings (SSSR count). The van der Waals surface area contributed by atoms with Gasteiger partial charge in [-0.05, 0) is 17.3 Å². The Kier molecular flexibility index (Phi) is 5.13. The molecule has 122 valence electrons. The van der Waals surface area contributed by atoms with Gasteiger partial charge in [0.1, 0.15) is 0 Å². The molecule has 0 spiro atoms. The molecule has 1 amide bonds. The number of ether oxygens (including phenoxy) is 3. The van der Waals surface area contributed by atoms with E-state index >= 15 is 0 Å². The van der Waals surface area contributed by atoms with Gasteiger partial charge in [0.15, 0.2) is 11.5 Å². The molecule has 1 aromatic heterocycles. The Morgan fingerprint density at radius 1 is 1.26 bits per heavy atom. The number of methoxy groups -OCH3 is 3. The summed E-state index contributed by atoms with van der Waals surface area (Å²) in [6.45, 7) is 3.97. The van der Waals surface area contributed by atoms with Crippen molar-refractivity contribution in [3.05, 3.63) is 30.4 Å². The molecule has 0 fully saturated rings. The molecule has 0 aliphatic carbocycles. The van der Waals surface area contributed by atoms with Crippen LogP contribution in [0.3, 0.4) is 0 Å². The molecule has 1 aromatic carbocycles. The average Bonchev–Trinajstić information content (AvgIpc) is 3.00. The van der Waals surface area contributed by atoms with Gasteiger partial charge in [0.05, 0.1) is 27.9 Å². The molecule has 0 aliphatic rings. The van der Waals surface area contributed by atoms with Gasteiger partial charge in [0.2, 0.25) is 5.75 Å². The number of carbonyl (C=O) groups is 1. The Labute approximate surface area is 132 Å². The van der Waals surface area contributed by atoms with E-state index in [9.17, 15) is 4.79 Å². The SMILES string of the molecule is C=CCn1nnc(NC(=O)c2cc(OC)c(OC)c(OC)c2)n1. The smallest absolute Gasteiger partial charge is 0.270 e. The van der Waals surface area contributed by atoms with Gasteiger partial charge >= 0.3 is 0 Å². The highest BCUT2D eigenvalue weighted by Gasteiger charge is 2.18. The van der Waals surface area contributed by atoms with Crippen molar-refractivity contribution >= 4 is 11.9 Å². The second-order valence-corrected chi connectivity index (χ2v) is 4.32. The molecule has 0 atom stereocenters. The largest absolute Gasteiger partial charge is 0.493 e. The predicted molar refractivity (Wildman–Crippen MR) is 82.1 cm³/mol. The van der Waals surface area contributed by atoms with Crippen molar-refractivity contribution in [1.82, 2.24) is 20.2 Å². The van der Waals surface area contributed by atoms with Gasteiger partial charge in [0.25, 0.3) is 11.9 Å². The Bertz CT molecular complexity index is 688. The zero-order valence-electron chi connectivity index (χ0n) is 13.1. The van der Waals surface area contributed by atoms with E-state index in [2.05, 4.69) is 27.3 Å². The van der Waals surface area contributed by atoms with Crippen LogP contribution in [0.4, 0.5) is 5.95 Å². The fraction of sp³-hybridized carbons (Fsp3) is 0.286. The zero-order chi connectivity index (χ0) is 16.8. The van der Waals surface area contributed by atoms with Gasteiger partial charge in [-0.25, -0.2) is 0 Å². The van der Waals surface area contributed by atoms with E-state index in [1.165, 1.54) is 38.3 Å². The number of allylic oxidation sites excluding steroid dienone is 1. The number of aromatic nitrogens is 4. The Morgan fingerprint density at radius 3 is 2.43 bits per heavy atom. The highest BCUT2D eigenvalue weighted by molar-refractivity contribution is 6.04. The monoisotopic (exact) mass is 319 g/mol. The molecule has 9 heteroatoms. The number of carbonyl (C=O) groups excluding carboxylic acids is 1. The van der Waals surface area contributed by atoms with Crippen LogP contribution in [-0.4, -0.2) is 47.4 Å². The van der Waals surface area contributed by atoms with E-state index in [1.807, 2.05) is 0 Å². The zero-order valence-corrected chi connectivity index (χ0v) is 13.1. The summed E-state index contributed by atoms with van der Waals surface area (Å²) in [4.78, 5) is 13.6. The normalized spacial score (nSPS) is 10.0. The third-order valence-corrected chi connectivity index (χ3v) is 2.90. The number of hydrogen-bond donors (Lipinski definition) is 1. The molecule has 0 bridgehead atoms. The average molecular weight is 319 g/mol. The molecule has 0 unspecified atom stereocenters. The van der Waals surface area contributed by atoms with Crippen molar-refractivity contribution in [1.29, 1.82) is 0 Å². The fourth-order valence-corrected chi connectivity index (χ4v) is 1.87. The minimum Gasteiger partial charge on any atom is -0.493 e. The number of rotatable bonds is 7. The molecule has 23 heavy (non-hydrogen) atoms. The maximum Gasteiger partial charge on any atom is 0.270 e. The van der Waals surface area contributed by atoms with Crippen LogP contribution in [0.15, 0.2) is 24.8 Å². The van der Waals surface area contributed by atoms with E-state index in [1.54, 1.807) is 6.08 Å². The van der Waals surface area contributed by atoms with Crippen LogP contribution in [0, 0.1) is 0 Å². The third-order valence-electron chi connectivity index (χ3n) is 2.90. The number of hydrogen-bond acceptors (Lipinski definition) is 7. The molecular formula is C14H17N5O4. The summed E-state index contributed by atoms with van der Waals surface area (Å²) in [6.07, 6.45) is 1.62. The lowest BCUT2D eigenvalue weighted by molar-refractivity contribution is 0.102. The van der Waals surface area contributed by atoms with Gasteiger partial charge in [-0.2, -0.15) is 4.80 Å². The summed E-state index contributed by atoms with van der Waals surface area (Å²) in [6, 6.07) is 3.07. The van der Waals surface area contributed by atoms with Gasteiger partial charge in [-0.15, -0.1) is 11.7 Å². The van der Waals surface area contributed by atoms with Crippen molar-refractivity contribution in [3.63, 3.8) is 0 Å². The van der Waals surface area contributed by atoms with Gasteiger partial charge < -0.3 is 14.2 Å². The van der Waals surface area contributed by atoms with Crippen molar-refractivity contribution in [3.8, 4) is 17.2 Å². The number of amides is 1. The van der Waals surface area contributed by atoms with E-state index < -0.39 is 5.91 Å². The maximum atomic E-state index is 12.3. The van der Waals surface area contributed by atoms with Gasteiger partial charge in [-0.3, -0.25) is 10.1 Å². The number of nitrogens with zero attached hydrogens (tertiary/aromatic N) is 4. The molecule has 2 aromatic rings. The van der Waals surface area contributed by atoms with E-state index in [0.717, 1.165) is 0 Å². The number of nitrogens with one attached hydrogen (secondary N) is 1. The summed E-state index contributed by atoms with van der Waals surface area (Å²) in [5, 5.41) is 14.0. The molecule has 0 saturated carbocycles. The van der Waals surface area contributed by atoms with Crippen molar-refractivity contribution in [2.75, 3.05) is 26.6 Å². The fourth-order valence-electron chi connectivity index (χ4n) is 1.87. The topological polar surface area (TPSA) is 100 Å². The number of anilines is 1. The Hall–Kier alpha value is -3.10. The lowest BCUT2D eigenvalue weighted by atomic mass is 10.1. The van der Waals surface area contributed by atoms with Crippen LogP contribution in [0.2, 0.25) is 0 Å². The third kappa shape index (κ3) is 3.57. The highest BCUT2D eigenvalue weighted by Crippen LogP contribution is 2.38. The summed E-state index contributed by atoms with van der Waals surface area (Å²) in [7, 11) is 4.44. The first-order chi connectivity index (χ1) is 11.1. The standard InChI is InChI=1S/C14H17N5O4/c1-5-6-19-17-14(16-18-19)15-13(20)9-7-10(21-2)12(23-4)11(8-9)22-3/h5,7-8H,1,6H2,2-4H3,(H,15,17,20). The first-order valence-corrected chi connectivity index (χ1v) is 6.63. The van der Waals surface area contributed by atoms with Crippen LogP contribution in [-0.2, 0) is 6.54 Å². The quantitative estimate of drug-likeness (QED) is 0.764. The minimum atomic E-state index is -0.428. The maximum absolute atomic E-state index is 12.3. The van der Waals surface area contributed by atoms with Crippen LogP contribution in [0.1, 0.15) is 10.4 Å². The lowest BCUT2D eigenvalue weighted by Gasteiger charge is -2.13. The lowest BCUT2D eigenvalue weighted by Crippen LogP contribution is -2.14. The number of benzene rings is 1. The molecule has 0 aliphatic heterocycles. The summed E-state index contributed by atoms with van der Waals surface area (Å²) >= 11 is 0. The Balaban J connectivity index is 2.25. The Morgan fingerprint density at radius 2 is 1.91 bits per heavy atom. The molecule has 9 nitrogen and oxygen atoms in total. The molecule has 1 N–H and O–H groups in total. The second-order valence-electron chi connectivity index (χ2n) is 4.32. The van der Waals surface area contributed by atoms with Crippen molar-refractivity contribution in [2.24, 2.45) is 0 Å². The van der Waals surface area contributed by atoms with Crippen molar-refractivity contribution in [2.45, 2.75) is 6.54 Å². The van der Waals surface area contributed by atoms with Gasteiger partial charge in [0, 0.05) is 5.56 Å². The van der Waals surface area contributed by atoms with Crippen LogP contribution < -0.4 is 19.5 Å². The first kappa shape index (κ1) is 16.3. The first-order valence-electron chi connectivity index (χ1n) is 6.63. The van der Waals surface area contributed by atoms with E-state index in [-0.39, 0.29) is 5.95 Å². The minimum absolute atomic E-state index is 0.0885. The predicted octanol–water partition coefficient (Wildman–Crippen LogP) is 1.14. The highest BCUT2D eigenvalue weighted by atomic mass is 16.5. The van der Waals surface area contributed by atoms with Crippen molar-refractivity contribution < 1.29 is 19.0 Å². The van der Waals surface area contributed by atoms with Crippen LogP contribution in [0.25, 0.3) is 0 Å². The number of tetrazole rings is 1. The summed E-state index contributed by atoms with van der Waals surface area (Å²) in [5.74, 6) is 0.815. The molecule has 1 heterocycles. The summed E-state index contributed by atoms with van der Waals surface area (Å²) in [5.41, 5.74) is 0.305. The van der Waals surface area contributed by atoms with Gasteiger partial charge in [-0.1, -0.05) is 11.2 Å². The summed E-state index contributed by atoms with van der Waals surface area (Å²) < 4.78 is 15.6. The van der Waals surface area contributed by atoms with Crippen LogP contribution >= 0.6 is 0 Å². The van der Waals surface area contributed by atoms with Crippen LogP contribution in [0.5, 0.6) is 17.2 Å². The molecular weight excluding hydrogens is 302 g/mol. The van der Waals surface area contributed by atoms with E-state index in [4.69, 9.17) is 14.2 Å². The second kappa shape index (κ2) is 7.25.